The van der Waals surface area contributed by atoms with E-state index in [1.54, 1.807) is 7.11 Å². The molecule has 0 atom stereocenters. The standard InChI is InChI=1S/C13H25N5O2/c1-19-9-7-14-11-13-15-16-17-18(13)8-10-20-12-5-3-2-4-6-12/h12,14H,2-11H2,1H3. The maximum atomic E-state index is 5.90. The lowest BCUT2D eigenvalue weighted by atomic mass is 9.98. The van der Waals surface area contributed by atoms with Crippen LogP contribution in [-0.4, -0.2) is 53.2 Å². The van der Waals surface area contributed by atoms with Crippen LogP contribution in [0.4, 0.5) is 0 Å². The Morgan fingerprint density at radius 2 is 2.10 bits per heavy atom. The van der Waals surface area contributed by atoms with E-state index in [1.807, 2.05) is 4.68 Å². The summed E-state index contributed by atoms with van der Waals surface area (Å²) in [6.07, 6.45) is 6.77. The van der Waals surface area contributed by atoms with Gasteiger partial charge in [-0.05, 0) is 23.3 Å². The molecule has 0 aromatic carbocycles. The second-order valence-corrected chi connectivity index (χ2v) is 5.12. The van der Waals surface area contributed by atoms with Gasteiger partial charge in [0.2, 0.25) is 0 Å². The molecule has 7 nitrogen and oxygen atoms in total. The Kier molecular flexibility index (Phi) is 6.90. The lowest BCUT2D eigenvalue weighted by molar-refractivity contribution is 0.0223. The number of ether oxygens (including phenoxy) is 2. The van der Waals surface area contributed by atoms with E-state index >= 15 is 0 Å². The number of tetrazole rings is 1. The molecular weight excluding hydrogens is 258 g/mol. The predicted molar refractivity (Wildman–Crippen MR) is 74.2 cm³/mol. The number of hydrogen-bond donors (Lipinski definition) is 1. The molecule has 0 saturated heterocycles. The van der Waals surface area contributed by atoms with Crippen molar-refractivity contribution < 1.29 is 9.47 Å². The van der Waals surface area contributed by atoms with Crippen LogP contribution in [0.25, 0.3) is 0 Å². The van der Waals surface area contributed by atoms with Crippen molar-refractivity contribution in [3.05, 3.63) is 5.82 Å². The zero-order chi connectivity index (χ0) is 14.0. The molecule has 0 amide bonds. The average molecular weight is 283 g/mol. The minimum Gasteiger partial charge on any atom is -0.383 e. The van der Waals surface area contributed by atoms with Crippen molar-refractivity contribution in [2.75, 3.05) is 26.9 Å². The molecule has 0 bridgehead atoms. The average Bonchev–Trinajstić information content (AvgIpc) is 2.92. The van der Waals surface area contributed by atoms with Crippen molar-refractivity contribution in [3.63, 3.8) is 0 Å². The van der Waals surface area contributed by atoms with Gasteiger partial charge < -0.3 is 14.8 Å². The molecule has 0 spiro atoms. The third-order valence-corrected chi connectivity index (χ3v) is 3.58. The summed E-state index contributed by atoms with van der Waals surface area (Å²) in [6.45, 7) is 3.53. The zero-order valence-electron chi connectivity index (χ0n) is 12.3. The fraction of sp³-hybridized carbons (Fsp3) is 0.923. The summed E-state index contributed by atoms with van der Waals surface area (Å²) in [5.74, 6) is 0.841. The van der Waals surface area contributed by atoms with E-state index < -0.39 is 0 Å². The molecule has 114 valence electrons. The predicted octanol–water partition coefficient (Wildman–Crippen LogP) is 0.758. The first kappa shape index (κ1) is 15.3. The van der Waals surface area contributed by atoms with E-state index in [0.717, 1.165) is 12.4 Å². The molecule has 0 aliphatic heterocycles. The third-order valence-electron chi connectivity index (χ3n) is 3.58. The first-order valence-corrected chi connectivity index (χ1v) is 7.46. The van der Waals surface area contributed by atoms with Crippen LogP contribution in [-0.2, 0) is 22.6 Å². The highest BCUT2D eigenvalue weighted by molar-refractivity contribution is 4.79. The Bertz CT molecular complexity index is 365. The Hall–Kier alpha value is -1.05. The van der Waals surface area contributed by atoms with Crippen LogP contribution in [0, 0.1) is 0 Å². The molecule has 1 aromatic rings. The number of nitrogens with zero attached hydrogens (tertiary/aromatic N) is 4. The molecule has 2 rings (SSSR count). The van der Waals surface area contributed by atoms with Crippen LogP contribution in [0.5, 0.6) is 0 Å². The molecule has 1 N–H and O–H groups in total. The fourth-order valence-corrected chi connectivity index (χ4v) is 2.44. The Balaban J connectivity index is 1.65. The minimum absolute atomic E-state index is 0.434. The molecule has 0 unspecified atom stereocenters. The van der Waals surface area contributed by atoms with Crippen LogP contribution in [0.15, 0.2) is 0 Å². The van der Waals surface area contributed by atoms with Crippen LogP contribution in [0.1, 0.15) is 37.9 Å². The minimum atomic E-state index is 0.434. The van der Waals surface area contributed by atoms with Gasteiger partial charge in [-0.2, -0.15) is 0 Å². The van der Waals surface area contributed by atoms with Crippen LogP contribution in [0.2, 0.25) is 0 Å². The van der Waals surface area contributed by atoms with Gasteiger partial charge in [0.1, 0.15) is 0 Å². The van der Waals surface area contributed by atoms with E-state index in [4.69, 9.17) is 9.47 Å². The number of nitrogens with one attached hydrogen (secondary N) is 1. The molecule has 7 heteroatoms. The molecule has 1 aliphatic carbocycles. The third kappa shape index (κ3) is 5.15. The normalized spacial score (nSPS) is 16.6. The van der Waals surface area contributed by atoms with Gasteiger partial charge in [-0.3, -0.25) is 0 Å². The van der Waals surface area contributed by atoms with Crippen molar-refractivity contribution in [1.82, 2.24) is 25.5 Å². The van der Waals surface area contributed by atoms with E-state index in [1.165, 1.54) is 32.1 Å². The maximum absolute atomic E-state index is 5.90. The Morgan fingerprint density at radius 3 is 2.90 bits per heavy atom. The van der Waals surface area contributed by atoms with Gasteiger partial charge >= 0.3 is 0 Å². The topological polar surface area (TPSA) is 74.1 Å². The lowest BCUT2D eigenvalue weighted by Crippen LogP contribution is -2.23. The van der Waals surface area contributed by atoms with Crippen LogP contribution in [0.3, 0.4) is 0 Å². The molecule has 1 heterocycles. The van der Waals surface area contributed by atoms with Crippen molar-refractivity contribution in [1.29, 1.82) is 0 Å². The summed E-state index contributed by atoms with van der Waals surface area (Å²) in [4.78, 5) is 0. The van der Waals surface area contributed by atoms with Gasteiger partial charge in [0.05, 0.1) is 32.4 Å². The SMILES string of the molecule is COCCNCc1nnnn1CCOC1CCCCC1. The number of aromatic nitrogens is 4. The second kappa shape index (κ2) is 8.99. The monoisotopic (exact) mass is 283 g/mol. The van der Waals surface area contributed by atoms with E-state index in [2.05, 4.69) is 20.8 Å². The fourth-order valence-electron chi connectivity index (χ4n) is 2.44. The lowest BCUT2D eigenvalue weighted by Gasteiger charge is -2.21. The molecular formula is C13H25N5O2. The summed E-state index contributed by atoms with van der Waals surface area (Å²) in [5, 5.41) is 15.0. The van der Waals surface area contributed by atoms with Crippen LogP contribution >= 0.6 is 0 Å². The van der Waals surface area contributed by atoms with Crippen molar-refractivity contribution in [2.45, 2.75) is 51.3 Å². The molecule has 1 saturated carbocycles. The summed E-state index contributed by atoms with van der Waals surface area (Å²) in [5.41, 5.74) is 0. The van der Waals surface area contributed by atoms with E-state index in [9.17, 15) is 0 Å². The number of hydrogen-bond acceptors (Lipinski definition) is 6. The van der Waals surface area contributed by atoms with Crippen molar-refractivity contribution in [2.24, 2.45) is 0 Å². The molecule has 20 heavy (non-hydrogen) atoms. The maximum Gasteiger partial charge on any atom is 0.165 e. The highest BCUT2D eigenvalue weighted by Crippen LogP contribution is 2.20. The molecule has 1 fully saturated rings. The van der Waals surface area contributed by atoms with Gasteiger partial charge in [-0.15, -0.1) is 5.10 Å². The van der Waals surface area contributed by atoms with Gasteiger partial charge in [0.25, 0.3) is 0 Å². The number of methoxy groups -OCH3 is 1. The molecule has 0 radical (unpaired) electrons. The van der Waals surface area contributed by atoms with E-state index in [0.29, 0.717) is 32.4 Å². The molecule has 1 aromatic heterocycles. The summed E-state index contributed by atoms with van der Waals surface area (Å²) < 4.78 is 12.7. The first-order chi connectivity index (χ1) is 9.90. The second-order valence-electron chi connectivity index (χ2n) is 5.12. The van der Waals surface area contributed by atoms with Gasteiger partial charge in [-0.25, -0.2) is 4.68 Å². The first-order valence-electron chi connectivity index (χ1n) is 7.46. The van der Waals surface area contributed by atoms with Crippen molar-refractivity contribution in [3.8, 4) is 0 Å². The highest BCUT2D eigenvalue weighted by atomic mass is 16.5. The van der Waals surface area contributed by atoms with Crippen molar-refractivity contribution >= 4 is 0 Å². The summed E-state index contributed by atoms with van der Waals surface area (Å²) >= 11 is 0. The molecule has 1 aliphatic rings. The Labute approximate surface area is 120 Å². The summed E-state index contributed by atoms with van der Waals surface area (Å²) in [7, 11) is 1.69. The smallest absolute Gasteiger partial charge is 0.165 e. The largest absolute Gasteiger partial charge is 0.383 e. The van der Waals surface area contributed by atoms with Gasteiger partial charge in [-0.1, -0.05) is 19.3 Å². The summed E-state index contributed by atoms with van der Waals surface area (Å²) in [6, 6.07) is 0. The van der Waals surface area contributed by atoms with Crippen LogP contribution < -0.4 is 5.32 Å². The van der Waals surface area contributed by atoms with Gasteiger partial charge in [0.15, 0.2) is 5.82 Å². The highest BCUT2D eigenvalue weighted by Gasteiger charge is 2.14. The van der Waals surface area contributed by atoms with E-state index in [-0.39, 0.29) is 0 Å². The van der Waals surface area contributed by atoms with Gasteiger partial charge in [0, 0.05) is 13.7 Å². The zero-order valence-corrected chi connectivity index (χ0v) is 12.3. The number of rotatable bonds is 9. The Morgan fingerprint density at radius 1 is 1.25 bits per heavy atom. The quantitative estimate of drug-likeness (QED) is 0.674.